The smallest absolute Gasteiger partial charge is 0.222 e. The number of anilines is 1. The summed E-state index contributed by atoms with van der Waals surface area (Å²) in [5.41, 5.74) is 5.37. The summed E-state index contributed by atoms with van der Waals surface area (Å²) in [4.78, 5) is 21.0. The summed E-state index contributed by atoms with van der Waals surface area (Å²) in [6.45, 7) is 9.11. The normalized spacial score (nSPS) is 26.8. The van der Waals surface area contributed by atoms with E-state index in [1.54, 1.807) is 0 Å². The predicted molar refractivity (Wildman–Crippen MR) is 102 cm³/mol. The molecule has 0 saturated carbocycles. The number of aromatic nitrogens is 1. The number of morpholine rings is 1. The van der Waals surface area contributed by atoms with Gasteiger partial charge in [0, 0.05) is 49.9 Å². The number of hydrogen-bond donors (Lipinski definition) is 2. The lowest BCUT2D eigenvalue weighted by atomic mass is 9.69. The average Bonchev–Trinajstić information content (AvgIpc) is 3.01. The zero-order valence-corrected chi connectivity index (χ0v) is 16.6. The summed E-state index contributed by atoms with van der Waals surface area (Å²) in [7, 11) is 0. The van der Waals surface area contributed by atoms with Crippen LogP contribution < -0.4 is 5.73 Å². The van der Waals surface area contributed by atoms with Crippen molar-refractivity contribution in [1.29, 1.82) is 0 Å². The van der Waals surface area contributed by atoms with Crippen LogP contribution in [0.5, 0.6) is 0 Å². The van der Waals surface area contributed by atoms with Crippen LogP contribution in [0.15, 0.2) is 5.38 Å². The second kappa shape index (κ2) is 7.80. The van der Waals surface area contributed by atoms with E-state index in [1.807, 2.05) is 10.3 Å². The number of nitrogen functional groups attached to an aromatic ring is 1. The molecule has 0 aliphatic carbocycles. The molecular weight excluding hydrogens is 352 g/mol. The molecule has 3 N–H and O–H groups in total. The third-order valence-electron chi connectivity index (χ3n) is 5.75. The Hall–Kier alpha value is -1.22. The largest absolute Gasteiger partial charge is 0.388 e. The van der Waals surface area contributed by atoms with Gasteiger partial charge in [-0.2, -0.15) is 0 Å². The van der Waals surface area contributed by atoms with E-state index in [-0.39, 0.29) is 11.3 Å². The van der Waals surface area contributed by atoms with Gasteiger partial charge in [0.15, 0.2) is 5.13 Å². The SMILES string of the molecule is CC1(C)CN(C(=O)CCc2csc(N)n2)CC[C@@]1(O)CN1CCOCC1. The molecule has 0 bridgehead atoms. The number of hydrogen-bond acceptors (Lipinski definition) is 7. The number of aryl methyl sites for hydroxylation is 1. The molecule has 3 heterocycles. The number of carbonyl (C=O) groups excluding carboxylic acids is 1. The molecule has 146 valence electrons. The highest BCUT2D eigenvalue weighted by Gasteiger charge is 2.49. The van der Waals surface area contributed by atoms with Crippen molar-refractivity contribution in [3.05, 3.63) is 11.1 Å². The number of rotatable bonds is 5. The van der Waals surface area contributed by atoms with E-state index in [1.165, 1.54) is 11.3 Å². The van der Waals surface area contributed by atoms with Crippen LogP contribution >= 0.6 is 11.3 Å². The highest BCUT2D eigenvalue weighted by atomic mass is 32.1. The zero-order chi connectivity index (χ0) is 18.8. The average molecular weight is 383 g/mol. The Bertz CT molecular complexity index is 630. The molecule has 1 amide bonds. The molecule has 7 nitrogen and oxygen atoms in total. The molecule has 0 radical (unpaired) electrons. The summed E-state index contributed by atoms with van der Waals surface area (Å²) in [5, 5.41) is 13.8. The van der Waals surface area contributed by atoms with Gasteiger partial charge < -0.3 is 20.5 Å². The Balaban J connectivity index is 1.55. The van der Waals surface area contributed by atoms with E-state index < -0.39 is 5.60 Å². The third kappa shape index (κ3) is 4.36. The lowest BCUT2D eigenvalue weighted by Crippen LogP contribution is -2.63. The van der Waals surface area contributed by atoms with Crippen LogP contribution in [-0.4, -0.2) is 77.3 Å². The van der Waals surface area contributed by atoms with Gasteiger partial charge in [-0.15, -0.1) is 11.3 Å². The number of piperidine rings is 1. The van der Waals surface area contributed by atoms with Crippen molar-refractivity contribution >= 4 is 22.4 Å². The number of likely N-dealkylation sites (tertiary alicyclic amines) is 1. The Kier molecular flexibility index (Phi) is 5.86. The first kappa shape index (κ1) is 19.5. The van der Waals surface area contributed by atoms with Gasteiger partial charge >= 0.3 is 0 Å². The Morgan fingerprint density at radius 3 is 2.73 bits per heavy atom. The van der Waals surface area contributed by atoms with E-state index in [0.717, 1.165) is 32.0 Å². The Morgan fingerprint density at radius 2 is 2.12 bits per heavy atom. The molecule has 2 aliphatic rings. The zero-order valence-electron chi connectivity index (χ0n) is 15.7. The van der Waals surface area contributed by atoms with Crippen LogP contribution in [0, 0.1) is 5.41 Å². The highest BCUT2D eigenvalue weighted by molar-refractivity contribution is 7.13. The van der Waals surface area contributed by atoms with Crippen LogP contribution in [0.25, 0.3) is 0 Å². The maximum absolute atomic E-state index is 12.6. The van der Waals surface area contributed by atoms with Gasteiger partial charge in [0.1, 0.15) is 0 Å². The topological polar surface area (TPSA) is 91.9 Å². The maximum atomic E-state index is 12.6. The van der Waals surface area contributed by atoms with E-state index in [9.17, 15) is 9.90 Å². The second-order valence-corrected chi connectivity index (χ2v) is 8.94. The van der Waals surface area contributed by atoms with Crippen LogP contribution in [0.2, 0.25) is 0 Å². The summed E-state index contributed by atoms with van der Waals surface area (Å²) in [6, 6.07) is 0. The molecular formula is C18H30N4O3S. The number of ether oxygens (including phenoxy) is 1. The van der Waals surface area contributed by atoms with Crippen molar-refractivity contribution < 1.29 is 14.6 Å². The first-order valence-electron chi connectivity index (χ1n) is 9.29. The second-order valence-electron chi connectivity index (χ2n) is 8.05. The number of carbonyl (C=O) groups is 1. The molecule has 1 aromatic rings. The first-order valence-corrected chi connectivity index (χ1v) is 10.2. The minimum Gasteiger partial charge on any atom is -0.388 e. The Morgan fingerprint density at radius 1 is 1.38 bits per heavy atom. The molecule has 2 fully saturated rings. The highest BCUT2D eigenvalue weighted by Crippen LogP contribution is 2.39. The number of aliphatic hydroxyl groups is 1. The fraction of sp³-hybridized carbons (Fsp3) is 0.778. The minimum absolute atomic E-state index is 0.123. The molecule has 2 saturated heterocycles. The monoisotopic (exact) mass is 382 g/mol. The van der Waals surface area contributed by atoms with Gasteiger partial charge in [-0.25, -0.2) is 4.98 Å². The molecule has 1 atom stereocenters. The van der Waals surface area contributed by atoms with Crippen molar-refractivity contribution in [2.45, 2.75) is 38.7 Å². The van der Waals surface area contributed by atoms with Crippen molar-refractivity contribution in [3.63, 3.8) is 0 Å². The van der Waals surface area contributed by atoms with Gasteiger partial charge in [-0.3, -0.25) is 9.69 Å². The number of nitrogens with zero attached hydrogens (tertiary/aromatic N) is 3. The van der Waals surface area contributed by atoms with Crippen LogP contribution in [0.1, 0.15) is 32.4 Å². The van der Waals surface area contributed by atoms with Gasteiger partial charge in [0.25, 0.3) is 0 Å². The number of β-amino-alcohol motifs (C(OH)–C–C–N with tert-alkyl or cyclic N) is 1. The third-order valence-corrected chi connectivity index (χ3v) is 6.47. The van der Waals surface area contributed by atoms with E-state index in [0.29, 0.717) is 44.0 Å². The number of thiazole rings is 1. The quantitative estimate of drug-likeness (QED) is 0.789. The van der Waals surface area contributed by atoms with Crippen molar-refractivity contribution in [2.24, 2.45) is 5.41 Å². The fourth-order valence-electron chi connectivity index (χ4n) is 3.83. The summed E-state index contributed by atoms with van der Waals surface area (Å²) < 4.78 is 5.40. The maximum Gasteiger partial charge on any atom is 0.222 e. The summed E-state index contributed by atoms with van der Waals surface area (Å²) in [6.07, 6.45) is 1.65. The molecule has 0 spiro atoms. The molecule has 2 aliphatic heterocycles. The molecule has 0 aromatic carbocycles. The Labute approximate surface area is 159 Å². The number of amides is 1. The van der Waals surface area contributed by atoms with E-state index in [2.05, 4.69) is 23.7 Å². The minimum atomic E-state index is -0.787. The lowest BCUT2D eigenvalue weighted by Gasteiger charge is -2.52. The van der Waals surface area contributed by atoms with Crippen LogP contribution in [0.3, 0.4) is 0 Å². The number of nitrogens with two attached hydrogens (primary N) is 1. The summed E-state index contributed by atoms with van der Waals surface area (Å²) >= 11 is 1.40. The van der Waals surface area contributed by atoms with Crippen molar-refractivity contribution in [3.8, 4) is 0 Å². The summed E-state index contributed by atoms with van der Waals surface area (Å²) in [5.74, 6) is 0.123. The van der Waals surface area contributed by atoms with Gasteiger partial charge in [-0.1, -0.05) is 13.8 Å². The van der Waals surface area contributed by atoms with E-state index >= 15 is 0 Å². The fourth-order valence-corrected chi connectivity index (χ4v) is 4.42. The molecule has 1 aromatic heterocycles. The van der Waals surface area contributed by atoms with Crippen molar-refractivity contribution in [1.82, 2.24) is 14.8 Å². The standard InChI is InChI=1S/C18H30N4O3S/c1-17(2)12-22(15(23)4-3-14-11-26-16(19)20-14)6-5-18(17,24)13-21-7-9-25-10-8-21/h11,24H,3-10,12-13H2,1-2H3,(H2,19,20)/t18-/m1/s1. The molecule has 0 unspecified atom stereocenters. The van der Waals surface area contributed by atoms with Gasteiger partial charge in [-0.05, 0) is 12.8 Å². The van der Waals surface area contributed by atoms with Gasteiger partial charge in [0.2, 0.25) is 5.91 Å². The predicted octanol–water partition coefficient (Wildman–Crippen LogP) is 0.980. The molecule has 3 rings (SSSR count). The lowest BCUT2D eigenvalue weighted by molar-refractivity contribution is -0.157. The van der Waals surface area contributed by atoms with Gasteiger partial charge in [0.05, 0.1) is 24.5 Å². The van der Waals surface area contributed by atoms with Crippen molar-refractivity contribution in [2.75, 3.05) is 51.7 Å². The molecule has 8 heteroatoms. The first-order chi connectivity index (χ1) is 12.3. The van der Waals surface area contributed by atoms with Crippen LogP contribution in [-0.2, 0) is 16.0 Å². The van der Waals surface area contributed by atoms with Crippen LogP contribution in [0.4, 0.5) is 5.13 Å². The molecule has 26 heavy (non-hydrogen) atoms. The van der Waals surface area contributed by atoms with E-state index in [4.69, 9.17) is 10.5 Å².